The van der Waals surface area contributed by atoms with Crippen LogP contribution in [0, 0.1) is 23.1 Å². The number of carbonyl (C=O) groups is 5. The normalized spacial score (nSPS) is 23.5. The van der Waals surface area contributed by atoms with Gasteiger partial charge in [-0.05, 0) is 55.6 Å². The molecule has 5 rings (SSSR count). The average Bonchev–Trinajstić information content (AvgIpc) is 3.65. The second-order valence-electron chi connectivity index (χ2n) is 15.2. The number of halogens is 2. The zero-order valence-corrected chi connectivity index (χ0v) is 30.2. The molecule has 12 nitrogen and oxygen atoms in total. The third-order valence-corrected chi connectivity index (χ3v) is 10.2. The molecule has 1 aromatic carbocycles. The van der Waals surface area contributed by atoms with E-state index >= 15 is 0 Å². The summed E-state index contributed by atoms with van der Waals surface area (Å²) in [5.74, 6) is -3.10. The molecule has 1 aromatic rings. The molecule has 4 atom stereocenters. The Balaban J connectivity index is 1.41. The van der Waals surface area contributed by atoms with Crippen molar-refractivity contribution >= 4 is 46.6 Å². The quantitative estimate of drug-likeness (QED) is 0.289. The third-order valence-electron chi connectivity index (χ3n) is 9.92. The average molecular weight is 719 g/mol. The van der Waals surface area contributed by atoms with Gasteiger partial charge in [0.05, 0.1) is 29.9 Å². The van der Waals surface area contributed by atoms with Gasteiger partial charge in [0.1, 0.15) is 12.1 Å². The first-order valence-electron chi connectivity index (χ1n) is 17.5. The fourth-order valence-electron chi connectivity index (χ4n) is 6.97. The highest BCUT2D eigenvalue weighted by molar-refractivity contribution is 6.38. The zero-order chi connectivity index (χ0) is 36.4. The van der Waals surface area contributed by atoms with Crippen molar-refractivity contribution in [3.05, 3.63) is 28.5 Å². The molecule has 274 valence electrons. The molecule has 3 fully saturated rings. The minimum absolute atomic E-state index is 0.00209. The first-order valence-corrected chi connectivity index (χ1v) is 17.9. The van der Waals surface area contributed by atoms with E-state index in [-0.39, 0.29) is 60.9 Å². The van der Waals surface area contributed by atoms with Crippen molar-refractivity contribution in [1.29, 1.82) is 0 Å². The van der Waals surface area contributed by atoms with Gasteiger partial charge in [0.25, 0.3) is 0 Å². The highest BCUT2D eigenvalue weighted by Crippen LogP contribution is 2.41. The Hall–Kier alpha value is -3.58. The number of hydrogen-bond acceptors (Lipinski definition) is 9. The van der Waals surface area contributed by atoms with Crippen molar-refractivity contribution in [3.8, 4) is 5.75 Å². The maximum atomic E-state index is 14.9. The van der Waals surface area contributed by atoms with Crippen molar-refractivity contribution in [2.45, 2.75) is 110 Å². The number of oxime groups is 1. The Morgan fingerprint density at radius 2 is 1.80 bits per heavy atom. The molecule has 2 saturated heterocycles. The SMILES string of the molecule is CCOc1c(F)cc(C2=NO[C@]3(C2)C[C@@H](C(=O)N[C@@H](CC2CC2)C(=O)C(C)=O)N(C(=O)[C@@H](NC(=O)CC2CCOCC2)C(C)(C)C)C3)cc1Cl. The van der Waals surface area contributed by atoms with E-state index in [1.54, 1.807) is 6.92 Å². The summed E-state index contributed by atoms with van der Waals surface area (Å²) in [7, 11) is 0. The van der Waals surface area contributed by atoms with E-state index < -0.39 is 58.3 Å². The number of carbonyl (C=O) groups excluding carboxylic acids is 5. The lowest BCUT2D eigenvalue weighted by atomic mass is 9.85. The molecule has 3 amide bonds. The number of likely N-dealkylation sites (tertiary alicyclic amines) is 1. The zero-order valence-electron chi connectivity index (χ0n) is 29.4. The summed E-state index contributed by atoms with van der Waals surface area (Å²) in [6.07, 6.45) is 4.01. The Kier molecular flexibility index (Phi) is 11.6. The topological polar surface area (TPSA) is 153 Å². The molecule has 14 heteroatoms. The van der Waals surface area contributed by atoms with Gasteiger partial charge in [-0.1, -0.05) is 50.4 Å². The maximum absolute atomic E-state index is 14.9. The summed E-state index contributed by atoms with van der Waals surface area (Å²) < 4.78 is 25.7. The lowest BCUT2D eigenvalue weighted by Gasteiger charge is -2.36. The van der Waals surface area contributed by atoms with Gasteiger partial charge in [0, 0.05) is 45.0 Å². The fraction of sp³-hybridized carbons (Fsp3) is 0.667. The standard InChI is InChI=1S/C36H48ClFN4O8/c1-6-49-31-24(37)15-23(16-25(31)38)27-17-36(50-41-27)18-28(33(46)39-26(13-21-7-8-21)30(45)20(2)43)42(19-36)34(47)32(35(3,4)5)40-29(44)14-22-9-11-48-12-10-22/h15-16,21-22,26,28,32H,6-14,17-19H2,1-5H3,(H,39,46)(H,40,44)/t26-,28-,32+,36+/m0/s1. The molecule has 0 unspecified atom stereocenters. The number of amides is 3. The van der Waals surface area contributed by atoms with E-state index in [0.717, 1.165) is 25.7 Å². The van der Waals surface area contributed by atoms with Crippen LogP contribution in [0.2, 0.25) is 5.02 Å². The third kappa shape index (κ3) is 8.82. The molecule has 0 aromatic heterocycles. The van der Waals surface area contributed by atoms with Crippen LogP contribution in [0.25, 0.3) is 0 Å². The highest BCUT2D eigenvalue weighted by Gasteiger charge is 2.56. The van der Waals surface area contributed by atoms with E-state index in [1.165, 1.54) is 24.0 Å². The lowest BCUT2D eigenvalue weighted by Crippen LogP contribution is -2.59. The summed E-state index contributed by atoms with van der Waals surface area (Å²) in [5, 5.41) is 10.0. The summed E-state index contributed by atoms with van der Waals surface area (Å²) >= 11 is 6.33. The molecule has 0 bridgehead atoms. The number of hydrogen-bond donors (Lipinski definition) is 2. The molecule has 2 N–H and O–H groups in total. The van der Waals surface area contributed by atoms with E-state index in [2.05, 4.69) is 15.8 Å². The molecule has 3 heterocycles. The number of ketones is 2. The van der Waals surface area contributed by atoms with Crippen molar-refractivity contribution < 1.29 is 42.7 Å². The van der Waals surface area contributed by atoms with Crippen LogP contribution in [0.3, 0.4) is 0 Å². The van der Waals surface area contributed by atoms with Gasteiger partial charge in [-0.3, -0.25) is 24.0 Å². The molecule has 1 spiro atoms. The second-order valence-corrected chi connectivity index (χ2v) is 15.6. The van der Waals surface area contributed by atoms with Gasteiger partial charge < -0.3 is 29.8 Å². The van der Waals surface area contributed by atoms with Gasteiger partial charge in [-0.25, -0.2) is 4.39 Å². The van der Waals surface area contributed by atoms with Crippen LogP contribution in [0.4, 0.5) is 4.39 Å². The van der Waals surface area contributed by atoms with Crippen molar-refractivity contribution in [3.63, 3.8) is 0 Å². The Labute approximate surface area is 297 Å². The van der Waals surface area contributed by atoms with Crippen LogP contribution in [-0.2, 0) is 33.5 Å². The molecular formula is C36H48ClFN4O8. The van der Waals surface area contributed by atoms with Crippen LogP contribution >= 0.6 is 11.6 Å². The van der Waals surface area contributed by atoms with Gasteiger partial charge >= 0.3 is 0 Å². The molecule has 1 saturated carbocycles. The van der Waals surface area contributed by atoms with Crippen LogP contribution in [0.1, 0.15) is 91.5 Å². The highest BCUT2D eigenvalue weighted by atomic mass is 35.5. The Bertz CT molecular complexity index is 1510. The van der Waals surface area contributed by atoms with Crippen molar-refractivity contribution in [2.75, 3.05) is 26.4 Å². The molecule has 3 aliphatic heterocycles. The monoisotopic (exact) mass is 718 g/mol. The summed E-state index contributed by atoms with van der Waals surface area (Å²) in [5.41, 5.74) is -1.17. The van der Waals surface area contributed by atoms with E-state index in [1.807, 2.05) is 20.8 Å². The van der Waals surface area contributed by atoms with Crippen molar-refractivity contribution in [2.24, 2.45) is 22.4 Å². The molecule has 4 aliphatic rings. The number of ether oxygens (including phenoxy) is 2. The second kappa shape index (κ2) is 15.3. The van der Waals surface area contributed by atoms with E-state index in [4.69, 9.17) is 25.9 Å². The molecule has 50 heavy (non-hydrogen) atoms. The van der Waals surface area contributed by atoms with E-state index in [9.17, 15) is 28.4 Å². The molecule has 1 aliphatic carbocycles. The fourth-order valence-corrected chi connectivity index (χ4v) is 7.23. The Morgan fingerprint density at radius 1 is 1.10 bits per heavy atom. The lowest BCUT2D eigenvalue weighted by molar-refractivity contribution is -0.145. The first kappa shape index (κ1) is 37.7. The largest absolute Gasteiger partial charge is 0.489 e. The molecular weight excluding hydrogens is 671 g/mol. The first-order chi connectivity index (χ1) is 23.6. The number of nitrogens with zero attached hydrogens (tertiary/aromatic N) is 2. The number of nitrogens with one attached hydrogen (secondary N) is 2. The maximum Gasteiger partial charge on any atom is 0.246 e. The minimum atomic E-state index is -1.17. The summed E-state index contributed by atoms with van der Waals surface area (Å²) in [6, 6.07) is -0.361. The van der Waals surface area contributed by atoms with Gasteiger partial charge in [0.2, 0.25) is 23.5 Å². The summed E-state index contributed by atoms with van der Waals surface area (Å²) in [6.45, 7) is 9.71. The van der Waals surface area contributed by atoms with Gasteiger partial charge in [-0.2, -0.15) is 0 Å². The van der Waals surface area contributed by atoms with Crippen molar-refractivity contribution in [1.82, 2.24) is 15.5 Å². The number of benzene rings is 1. The predicted molar refractivity (Wildman–Crippen MR) is 182 cm³/mol. The van der Waals surface area contributed by atoms with Gasteiger partial charge in [-0.15, -0.1) is 0 Å². The summed E-state index contributed by atoms with van der Waals surface area (Å²) in [4.78, 5) is 74.3. The number of Topliss-reactive ketones (excluding diaryl/α,β-unsaturated/α-hetero) is 2. The number of rotatable bonds is 13. The smallest absolute Gasteiger partial charge is 0.246 e. The molecule has 0 radical (unpaired) electrons. The van der Waals surface area contributed by atoms with Gasteiger partial charge in [0.15, 0.2) is 23.0 Å². The predicted octanol–water partition coefficient (Wildman–Crippen LogP) is 4.13. The van der Waals surface area contributed by atoms with Crippen LogP contribution in [0.15, 0.2) is 17.3 Å². The van der Waals surface area contributed by atoms with Crippen LogP contribution < -0.4 is 15.4 Å². The van der Waals surface area contributed by atoms with Crippen LogP contribution in [0.5, 0.6) is 5.75 Å². The Morgan fingerprint density at radius 3 is 2.40 bits per heavy atom. The van der Waals surface area contributed by atoms with E-state index in [0.29, 0.717) is 30.9 Å². The van der Waals surface area contributed by atoms with Crippen LogP contribution in [-0.4, -0.2) is 90.0 Å². The minimum Gasteiger partial charge on any atom is -0.489 e.